The molecule has 1 aromatic heterocycles. The Morgan fingerprint density at radius 3 is 2.93 bits per heavy atom. The second kappa shape index (κ2) is 6.30. The second-order valence-electron chi connectivity index (χ2n) is 2.60. The molecule has 0 bridgehead atoms. The summed E-state index contributed by atoms with van der Waals surface area (Å²) in [7, 11) is 1.35. The summed E-state index contributed by atoms with van der Waals surface area (Å²) in [6, 6.07) is 1.74. The molecule has 6 heteroatoms. The number of methoxy groups -OCH3 is 1. The zero-order valence-corrected chi connectivity index (χ0v) is 11.2. The molecule has 1 aromatic rings. The fourth-order valence-electron chi connectivity index (χ4n) is 0.805. The lowest BCUT2D eigenvalue weighted by molar-refractivity contribution is -0.114. The molecule has 0 radical (unpaired) electrons. The molecule has 0 spiro atoms. The number of hydrogen-bond acceptors (Lipinski definition) is 5. The van der Waals surface area contributed by atoms with Crippen LogP contribution in [0.5, 0.6) is 0 Å². The Kier molecular flexibility index (Phi) is 5.35. The highest BCUT2D eigenvalue weighted by atomic mass is 79.9. The van der Waals surface area contributed by atoms with Gasteiger partial charge in [-0.1, -0.05) is 15.9 Å². The quantitative estimate of drug-likeness (QED) is 0.476. The zero-order chi connectivity index (χ0) is 11.3. The molecular formula is C9H9BrO3S2. The summed E-state index contributed by atoms with van der Waals surface area (Å²) in [5.41, 5.74) is 0. The van der Waals surface area contributed by atoms with Gasteiger partial charge in [0.15, 0.2) is 5.78 Å². The van der Waals surface area contributed by atoms with Crippen LogP contribution >= 0.6 is 39.0 Å². The van der Waals surface area contributed by atoms with Crippen LogP contribution in [0.2, 0.25) is 0 Å². The van der Waals surface area contributed by atoms with Gasteiger partial charge in [-0.15, -0.1) is 23.1 Å². The van der Waals surface area contributed by atoms with Gasteiger partial charge in [-0.25, -0.2) is 4.79 Å². The molecule has 0 saturated heterocycles. The summed E-state index contributed by atoms with van der Waals surface area (Å²) in [5.74, 6) is 0.215. The molecule has 0 aliphatic carbocycles. The van der Waals surface area contributed by atoms with Crippen molar-refractivity contribution in [3.63, 3.8) is 0 Å². The van der Waals surface area contributed by atoms with Crippen molar-refractivity contribution >= 4 is 50.8 Å². The van der Waals surface area contributed by atoms with Crippen molar-refractivity contribution in [1.29, 1.82) is 0 Å². The van der Waals surface area contributed by atoms with E-state index in [-0.39, 0.29) is 11.8 Å². The number of ether oxygens (including phenoxy) is 1. The summed E-state index contributed by atoms with van der Waals surface area (Å²) >= 11 is 5.84. The predicted molar refractivity (Wildman–Crippen MR) is 65.2 cm³/mol. The molecule has 0 aromatic carbocycles. The lowest BCUT2D eigenvalue weighted by Gasteiger charge is -1.94. The Bertz CT molecular complexity index is 362. The lowest BCUT2D eigenvalue weighted by Crippen LogP contribution is -2.01. The molecule has 1 heterocycles. The minimum Gasteiger partial charge on any atom is -0.465 e. The van der Waals surface area contributed by atoms with Crippen LogP contribution in [-0.4, -0.2) is 29.9 Å². The number of thiophene rings is 1. The molecule has 0 saturated carbocycles. The predicted octanol–water partition coefficient (Wildman–Crippen LogP) is 2.59. The lowest BCUT2D eigenvalue weighted by atomic mass is 10.5. The minimum atomic E-state index is -0.335. The molecule has 0 aliphatic heterocycles. The van der Waals surface area contributed by atoms with Gasteiger partial charge in [-0.05, 0) is 6.07 Å². The van der Waals surface area contributed by atoms with Gasteiger partial charge >= 0.3 is 5.97 Å². The van der Waals surface area contributed by atoms with Crippen molar-refractivity contribution in [3.05, 3.63) is 16.3 Å². The normalized spacial score (nSPS) is 10.0. The Hall–Kier alpha value is -0.330. The number of rotatable bonds is 5. The largest absolute Gasteiger partial charge is 0.465 e. The molecule has 0 N–H and O–H groups in total. The highest BCUT2D eigenvalue weighted by Gasteiger charge is 2.09. The average molecular weight is 309 g/mol. The van der Waals surface area contributed by atoms with Gasteiger partial charge in [0.2, 0.25) is 0 Å². The number of hydrogen-bond donors (Lipinski definition) is 0. The number of carbonyl (C=O) groups is 2. The van der Waals surface area contributed by atoms with Crippen LogP contribution in [0.15, 0.2) is 16.3 Å². The average Bonchev–Trinajstić information content (AvgIpc) is 2.73. The fraction of sp³-hybridized carbons (Fsp3) is 0.333. The first-order valence-corrected chi connectivity index (χ1v) is 7.03. The fourth-order valence-corrected chi connectivity index (χ4v) is 3.07. The van der Waals surface area contributed by atoms with E-state index in [4.69, 9.17) is 0 Å². The van der Waals surface area contributed by atoms with E-state index < -0.39 is 0 Å². The Morgan fingerprint density at radius 1 is 1.60 bits per heavy atom. The highest BCUT2D eigenvalue weighted by Crippen LogP contribution is 2.25. The highest BCUT2D eigenvalue weighted by molar-refractivity contribution is 9.09. The van der Waals surface area contributed by atoms with Gasteiger partial charge in [0.25, 0.3) is 0 Å². The van der Waals surface area contributed by atoms with Crippen LogP contribution in [-0.2, 0) is 9.53 Å². The molecule has 1 rings (SSSR count). The van der Waals surface area contributed by atoms with Gasteiger partial charge in [0.05, 0.1) is 18.2 Å². The summed E-state index contributed by atoms with van der Waals surface area (Å²) in [5, 5.41) is 2.21. The van der Waals surface area contributed by atoms with E-state index in [0.29, 0.717) is 16.0 Å². The van der Waals surface area contributed by atoms with Crippen LogP contribution in [0, 0.1) is 0 Å². The van der Waals surface area contributed by atoms with Gasteiger partial charge in [0, 0.05) is 10.3 Å². The van der Waals surface area contributed by atoms with Gasteiger partial charge in [0.1, 0.15) is 4.88 Å². The summed E-state index contributed by atoms with van der Waals surface area (Å²) in [6.45, 7) is 0. The molecular weight excluding hydrogens is 300 g/mol. The monoisotopic (exact) mass is 308 g/mol. The van der Waals surface area contributed by atoms with Gasteiger partial charge in [-0.3, -0.25) is 4.79 Å². The van der Waals surface area contributed by atoms with Gasteiger partial charge in [-0.2, -0.15) is 0 Å². The number of carbonyl (C=O) groups excluding carboxylic acids is 2. The maximum Gasteiger partial charge on any atom is 0.348 e. The van der Waals surface area contributed by atoms with Crippen molar-refractivity contribution < 1.29 is 14.3 Å². The third kappa shape index (κ3) is 3.96. The number of alkyl halides is 1. The van der Waals surface area contributed by atoms with E-state index in [1.165, 1.54) is 30.2 Å². The minimum absolute atomic E-state index is 0.130. The molecule has 0 aliphatic rings. The van der Waals surface area contributed by atoms with Crippen LogP contribution < -0.4 is 0 Å². The number of halogens is 1. The number of esters is 1. The third-order valence-electron chi connectivity index (χ3n) is 1.51. The number of thioether (sulfide) groups is 1. The molecule has 0 atom stereocenters. The van der Waals surface area contributed by atoms with Gasteiger partial charge < -0.3 is 4.74 Å². The molecule has 82 valence electrons. The summed E-state index contributed by atoms with van der Waals surface area (Å²) < 4.78 is 4.58. The van der Waals surface area contributed by atoms with Crippen LogP contribution in [0.1, 0.15) is 9.67 Å². The van der Waals surface area contributed by atoms with Crippen LogP contribution in [0.4, 0.5) is 0 Å². The van der Waals surface area contributed by atoms with E-state index >= 15 is 0 Å². The van der Waals surface area contributed by atoms with E-state index in [9.17, 15) is 9.59 Å². The van der Waals surface area contributed by atoms with Crippen molar-refractivity contribution in [2.75, 3.05) is 18.2 Å². The number of Topliss-reactive ketones (excluding diaryl/α,β-unsaturated/α-hetero) is 1. The second-order valence-corrected chi connectivity index (χ2v) is 5.12. The van der Waals surface area contributed by atoms with Crippen molar-refractivity contribution in [3.8, 4) is 0 Å². The third-order valence-corrected chi connectivity index (χ3v) is 4.23. The van der Waals surface area contributed by atoms with Crippen molar-refractivity contribution in [1.82, 2.24) is 0 Å². The van der Waals surface area contributed by atoms with Crippen molar-refractivity contribution in [2.45, 2.75) is 4.90 Å². The first kappa shape index (κ1) is 12.7. The summed E-state index contributed by atoms with van der Waals surface area (Å²) in [4.78, 5) is 23.6. The van der Waals surface area contributed by atoms with E-state index in [2.05, 4.69) is 20.7 Å². The summed E-state index contributed by atoms with van der Waals surface area (Å²) in [6.07, 6.45) is 0. The Balaban J connectivity index is 2.53. The molecule has 3 nitrogen and oxygen atoms in total. The van der Waals surface area contributed by atoms with E-state index in [1.54, 1.807) is 6.07 Å². The van der Waals surface area contributed by atoms with E-state index in [1.807, 2.05) is 5.38 Å². The van der Waals surface area contributed by atoms with Crippen LogP contribution in [0.25, 0.3) is 0 Å². The molecule has 0 amide bonds. The molecule has 15 heavy (non-hydrogen) atoms. The molecule has 0 fully saturated rings. The number of ketones is 1. The zero-order valence-electron chi connectivity index (χ0n) is 7.99. The smallest absolute Gasteiger partial charge is 0.348 e. The van der Waals surface area contributed by atoms with Crippen molar-refractivity contribution in [2.24, 2.45) is 0 Å². The maximum absolute atomic E-state index is 11.1. The Morgan fingerprint density at radius 2 is 2.33 bits per heavy atom. The maximum atomic E-state index is 11.1. The first-order chi connectivity index (χ1) is 7.17. The van der Waals surface area contributed by atoms with E-state index in [0.717, 1.165) is 4.90 Å². The standard InChI is InChI=1S/C9H9BrO3S2/c1-13-9(12)8-2-7(5-15-8)14-4-6(11)3-10/h2,5H,3-4H2,1H3. The van der Waals surface area contributed by atoms with Crippen LogP contribution in [0.3, 0.4) is 0 Å². The first-order valence-electron chi connectivity index (χ1n) is 4.04. The SMILES string of the molecule is COC(=O)c1cc(SCC(=O)CBr)cs1. The Labute approximate surface area is 104 Å². The topological polar surface area (TPSA) is 43.4 Å². The molecule has 0 unspecified atom stereocenters.